The van der Waals surface area contributed by atoms with Crippen molar-refractivity contribution in [2.45, 2.75) is 33.2 Å². The summed E-state index contributed by atoms with van der Waals surface area (Å²) in [5.41, 5.74) is 0. The number of nitrogens with zero attached hydrogens (tertiary/aromatic N) is 1. The van der Waals surface area contributed by atoms with E-state index < -0.39 is 0 Å². The van der Waals surface area contributed by atoms with E-state index in [1.807, 2.05) is 37.6 Å². The first-order chi connectivity index (χ1) is 6.00. The van der Waals surface area contributed by atoms with Gasteiger partial charge in [0.2, 0.25) is 5.91 Å². The van der Waals surface area contributed by atoms with Gasteiger partial charge in [-0.05, 0) is 25.4 Å². The van der Waals surface area contributed by atoms with E-state index in [4.69, 9.17) is 0 Å². The molecular formula is C10H21NOS. The molecule has 3 heteroatoms. The van der Waals surface area contributed by atoms with Crippen LogP contribution in [0.15, 0.2) is 0 Å². The highest BCUT2D eigenvalue weighted by molar-refractivity contribution is 7.98. The molecule has 0 spiro atoms. The quantitative estimate of drug-likeness (QED) is 0.683. The van der Waals surface area contributed by atoms with Crippen LogP contribution in [-0.4, -0.2) is 35.9 Å². The Morgan fingerprint density at radius 1 is 1.38 bits per heavy atom. The minimum absolute atomic E-state index is 0.113. The van der Waals surface area contributed by atoms with Crippen LogP contribution in [0.5, 0.6) is 0 Å². The largest absolute Gasteiger partial charge is 0.343 e. The SMILES string of the molecule is CSCCC(C)N(C)C(=O)C(C)C. The molecule has 0 saturated carbocycles. The Balaban J connectivity index is 3.94. The van der Waals surface area contributed by atoms with Gasteiger partial charge in [0.15, 0.2) is 0 Å². The fourth-order valence-electron chi connectivity index (χ4n) is 1.11. The minimum Gasteiger partial charge on any atom is -0.343 e. The molecule has 1 unspecified atom stereocenters. The number of carbonyl (C=O) groups is 1. The second kappa shape index (κ2) is 6.30. The van der Waals surface area contributed by atoms with Gasteiger partial charge in [-0.15, -0.1) is 0 Å². The van der Waals surface area contributed by atoms with E-state index in [0.717, 1.165) is 12.2 Å². The molecule has 0 rings (SSSR count). The topological polar surface area (TPSA) is 20.3 Å². The summed E-state index contributed by atoms with van der Waals surface area (Å²) in [7, 11) is 1.90. The van der Waals surface area contributed by atoms with Crippen molar-refractivity contribution in [1.29, 1.82) is 0 Å². The summed E-state index contributed by atoms with van der Waals surface area (Å²) in [6.07, 6.45) is 3.17. The van der Waals surface area contributed by atoms with Crippen molar-refractivity contribution < 1.29 is 4.79 Å². The third kappa shape index (κ3) is 4.55. The normalized spacial score (nSPS) is 13.1. The van der Waals surface area contributed by atoms with Crippen LogP contribution in [0.25, 0.3) is 0 Å². The van der Waals surface area contributed by atoms with E-state index in [2.05, 4.69) is 13.2 Å². The van der Waals surface area contributed by atoms with E-state index in [9.17, 15) is 4.79 Å². The summed E-state index contributed by atoms with van der Waals surface area (Å²) >= 11 is 1.83. The number of amides is 1. The van der Waals surface area contributed by atoms with Crippen molar-refractivity contribution in [2.75, 3.05) is 19.1 Å². The van der Waals surface area contributed by atoms with Crippen molar-refractivity contribution >= 4 is 17.7 Å². The Morgan fingerprint density at radius 3 is 2.31 bits per heavy atom. The molecule has 0 fully saturated rings. The van der Waals surface area contributed by atoms with Gasteiger partial charge < -0.3 is 4.90 Å². The summed E-state index contributed by atoms with van der Waals surface area (Å²) in [4.78, 5) is 13.4. The Kier molecular flexibility index (Phi) is 6.21. The molecule has 0 bridgehead atoms. The molecule has 13 heavy (non-hydrogen) atoms. The van der Waals surface area contributed by atoms with Crippen molar-refractivity contribution in [3.05, 3.63) is 0 Å². The average Bonchev–Trinajstić information content (AvgIpc) is 2.11. The molecule has 0 aromatic heterocycles. The summed E-state index contributed by atoms with van der Waals surface area (Å²) in [6, 6.07) is 0.363. The van der Waals surface area contributed by atoms with Gasteiger partial charge in [0.1, 0.15) is 0 Å². The highest BCUT2D eigenvalue weighted by Gasteiger charge is 2.17. The zero-order chi connectivity index (χ0) is 10.4. The van der Waals surface area contributed by atoms with Gasteiger partial charge in [0.05, 0.1) is 0 Å². The lowest BCUT2D eigenvalue weighted by molar-refractivity contribution is -0.134. The third-order valence-electron chi connectivity index (χ3n) is 2.24. The molecule has 0 aliphatic heterocycles. The van der Waals surface area contributed by atoms with Gasteiger partial charge in [-0.3, -0.25) is 4.79 Å². The van der Waals surface area contributed by atoms with Gasteiger partial charge >= 0.3 is 0 Å². The van der Waals surface area contributed by atoms with Crippen molar-refractivity contribution in [1.82, 2.24) is 4.90 Å². The maximum atomic E-state index is 11.6. The Hall–Kier alpha value is -0.180. The lowest BCUT2D eigenvalue weighted by atomic mass is 10.1. The summed E-state index contributed by atoms with van der Waals surface area (Å²) in [5.74, 6) is 1.48. The zero-order valence-corrected chi connectivity index (χ0v) is 10.1. The highest BCUT2D eigenvalue weighted by atomic mass is 32.2. The van der Waals surface area contributed by atoms with Gasteiger partial charge in [-0.1, -0.05) is 13.8 Å². The Labute approximate surface area is 86.1 Å². The second-order valence-electron chi connectivity index (χ2n) is 3.73. The summed E-state index contributed by atoms with van der Waals surface area (Å²) in [5, 5.41) is 0. The first kappa shape index (κ1) is 12.8. The van der Waals surface area contributed by atoms with Crippen LogP contribution in [0.2, 0.25) is 0 Å². The second-order valence-corrected chi connectivity index (χ2v) is 4.72. The molecule has 0 aromatic rings. The molecule has 0 aromatic carbocycles. The average molecular weight is 203 g/mol. The summed E-state index contributed by atoms with van der Waals surface area (Å²) < 4.78 is 0. The molecule has 2 nitrogen and oxygen atoms in total. The molecule has 1 amide bonds. The Morgan fingerprint density at radius 2 is 1.92 bits per heavy atom. The molecular weight excluding hydrogens is 182 g/mol. The van der Waals surface area contributed by atoms with Crippen molar-refractivity contribution in [3.8, 4) is 0 Å². The van der Waals surface area contributed by atoms with Gasteiger partial charge in [-0.25, -0.2) is 0 Å². The fourth-order valence-corrected chi connectivity index (χ4v) is 1.68. The molecule has 0 saturated heterocycles. The molecule has 0 aliphatic rings. The zero-order valence-electron chi connectivity index (χ0n) is 9.33. The van der Waals surface area contributed by atoms with Crippen LogP contribution in [0.4, 0.5) is 0 Å². The molecule has 0 N–H and O–H groups in total. The first-order valence-electron chi connectivity index (χ1n) is 4.76. The summed E-state index contributed by atoms with van der Waals surface area (Å²) in [6.45, 7) is 6.00. The third-order valence-corrected chi connectivity index (χ3v) is 2.89. The highest BCUT2D eigenvalue weighted by Crippen LogP contribution is 2.09. The predicted octanol–water partition coefficient (Wildman–Crippen LogP) is 2.24. The van der Waals surface area contributed by atoms with Crippen molar-refractivity contribution in [2.24, 2.45) is 5.92 Å². The fraction of sp³-hybridized carbons (Fsp3) is 0.900. The van der Waals surface area contributed by atoms with E-state index >= 15 is 0 Å². The molecule has 0 radical (unpaired) electrons. The van der Waals surface area contributed by atoms with Crippen LogP contribution in [-0.2, 0) is 4.79 Å². The molecule has 0 heterocycles. The number of thioether (sulfide) groups is 1. The van der Waals surface area contributed by atoms with Gasteiger partial charge in [0, 0.05) is 19.0 Å². The maximum Gasteiger partial charge on any atom is 0.225 e. The van der Waals surface area contributed by atoms with E-state index in [0.29, 0.717) is 6.04 Å². The lowest BCUT2D eigenvalue weighted by Crippen LogP contribution is -2.37. The van der Waals surface area contributed by atoms with E-state index in [1.165, 1.54) is 0 Å². The smallest absolute Gasteiger partial charge is 0.225 e. The monoisotopic (exact) mass is 203 g/mol. The number of rotatable bonds is 5. The van der Waals surface area contributed by atoms with E-state index in [-0.39, 0.29) is 11.8 Å². The van der Waals surface area contributed by atoms with E-state index in [1.54, 1.807) is 0 Å². The number of hydrogen-bond acceptors (Lipinski definition) is 2. The number of hydrogen-bond donors (Lipinski definition) is 0. The van der Waals surface area contributed by atoms with Crippen LogP contribution >= 0.6 is 11.8 Å². The van der Waals surface area contributed by atoms with Crippen molar-refractivity contribution in [3.63, 3.8) is 0 Å². The lowest BCUT2D eigenvalue weighted by Gasteiger charge is -2.26. The number of carbonyl (C=O) groups excluding carboxylic acids is 1. The molecule has 78 valence electrons. The first-order valence-corrected chi connectivity index (χ1v) is 6.15. The van der Waals surface area contributed by atoms with Crippen LogP contribution in [0.3, 0.4) is 0 Å². The van der Waals surface area contributed by atoms with Crippen LogP contribution in [0, 0.1) is 5.92 Å². The maximum absolute atomic E-state index is 11.6. The standard InChI is InChI=1S/C10H21NOS/c1-8(2)10(12)11(4)9(3)6-7-13-5/h8-9H,6-7H2,1-5H3. The van der Waals surface area contributed by atoms with Gasteiger partial charge in [-0.2, -0.15) is 11.8 Å². The van der Waals surface area contributed by atoms with Gasteiger partial charge in [0.25, 0.3) is 0 Å². The molecule has 0 aliphatic carbocycles. The van der Waals surface area contributed by atoms with Crippen LogP contribution < -0.4 is 0 Å². The van der Waals surface area contributed by atoms with Crippen LogP contribution in [0.1, 0.15) is 27.2 Å². The minimum atomic E-state index is 0.113. The molecule has 1 atom stereocenters. The Bertz CT molecular complexity index is 159. The predicted molar refractivity (Wildman–Crippen MR) is 60.1 cm³/mol.